The van der Waals surface area contributed by atoms with Crippen LogP contribution in [-0.2, 0) is 14.8 Å². The Morgan fingerprint density at radius 1 is 1.11 bits per heavy atom. The van der Waals surface area contributed by atoms with Gasteiger partial charge in [-0.05, 0) is 49.4 Å². The molecule has 3 atom stereocenters. The fourth-order valence-electron chi connectivity index (χ4n) is 4.49. The van der Waals surface area contributed by atoms with Crippen molar-refractivity contribution in [3.63, 3.8) is 0 Å². The van der Waals surface area contributed by atoms with E-state index >= 15 is 0 Å². The van der Waals surface area contributed by atoms with Crippen LogP contribution in [0.25, 0.3) is 0 Å². The number of sulfonamides is 1. The lowest BCUT2D eigenvalue weighted by Crippen LogP contribution is -3.19. The second kappa shape index (κ2) is 8.47. The highest BCUT2D eigenvalue weighted by molar-refractivity contribution is 7.89. The second-order valence-corrected chi connectivity index (χ2v) is 10.4. The van der Waals surface area contributed by atoms with Crippen molar-refractivity contribution in [3.8, 4) is 0 Å². The van der Waals surface area contributed by atoms with Gasteiger partial charge in [-0.1, -0.05) is 13.8 Å². The minimum atomic E-state index is -3.63. The van der Waals surface area contributed by atoms with E-state index in [1.54, 1.807) is 0 Å². The summed E-state index contributed by atoms with van der Waals surface area (Å²) < 4.78 is 40.0. The van der Waals surface area contributed by atoms with E-state index in [2.05, 4.69) is 13.8 Å². The van der Waals surface area contributed by atoms with Gasteiger partial charge in [-0.15, -0.1) is 0 Å². The van der Waals surface area contributed by atoms with E-state index < -0.39 is 15.8 Å². The van der Waals surface area contributed by atoms with Crippen LogP contribution in [0.4, 0.5) is 4.39 Å². The number of quaternary nitrogens is 1. The SMILES string of the molecule is C[C@H]1C[C@H](C)CN(C(=O)[C@@H](C)[NH+]2CCN(S(=O)(=O)c3ccc(F)cc3)CC2)C1. The Morgan fingerprint density at radius 3 is 2.18 bits per heavy atom. The second-order valence-electron chi connectivity index (χ2n) is 8.43. The molecule has 1 N–H and O–H groups in total. The van der Waals surface area contributed by atoms with Crippen molar-refractivity contribution in [1.29, 1.82) is 0 Å². The minimum absolute atomic E-state index is 0.109. The molecule has 0 radical (unpaired) electrons. The Hall–Kier alpha value is -1.51. The fraction of sp³-hybridized carbons (Fsp3) is 0.650. The van der Waals surface area contributed by atoms with Crippen molar-refractivity contribution < 1.29 is 22.5 Å². The van der Waals surface area contributed by atoms with Gasteiger partial charge in [0.25, 0.3) is 5.91 Å². The van der Waals surface area contributed by atoms with E-state index in [1.807, 2.05) is 11.8 Å². The Balaban J connectivity index is 1.60. The number of hydrogen-bond acceptors (Lipinski definition) is 3. The molecule has 0 aromatic heterocycles. The molecular formula is C20H31FN3O3S+. The van der Waals surface area contributed by atoms with Gasteiger partial charge in [-0.2, -0.15) is 4.31 Å². The maximum absolute atomic E-state index is 13.1. The molecular weight excluding hydrogens is 381 g/mol. The van der Waals surface area contributed by atoms with Crippen molar-refractivity contribution in [2.75, 3.05) is 39.3 Å². The van der Waals surface area contributed by atoms with Crippen LogP contribution in [0.15, 0.2) is 29.2 Å². The largest absolute Gasteiger partial charge is 0.337 e. The lowest BCUT2D eigenvalue weighted by molar-refractivity contribution is -0.918. The van der Waals surface area contributed by atoms with Gasteiger partial charge in [0, 0.05) is 13.1 Å². The van der Waals surface area contributed by atoms with Crippen molar-refractivity contribution in [3.05, 3.63) is 30.1 Å². The molecule has 0 saturated carbocycles. The first-order valence-corrected chi connectivity index (χ1v) is 11.5. The van der Waals surface area contributed by atoms with Crippen LogP contribution >= 0.6 is 0 Å². The standard InChI is InChI=1S/C20H30FN3O3S/c1-15-12-16(2)14-23(13-15)20(25)17(3)22-8-10-24(11-9-22)28(26,27)19-6-4-18(21)5-7-19/h4-7,15-17H,8-14H2,1-3H3/p+1/t15-,16-,17+/m0/s1. The lowest BCUT2D eigenvalue weighted by atomic mass is 9.91. The average molecular weight is 413 g/mol. The molecule has 8 heteroatoms. The van der Waals surface area contributed by atoms with Crippen LogP contribution in [-0.4, -0.2) is 68.8 Å². The summed E-state index contributed by atoms with van der Waals surface area (Å²) in [4.78, 5) is 16.2. The number of nitrogens with zero attached hydrogens (tertiary/aromatic N) is 2. The molecule has 1 aromatic rings. The summed E-state index contributed by atoms with van der Waals surface area (Å²) in [5, 5.41) is 0. The number of benzene rings is 1. The van der Waals surface area contributed by atoms with Gasteiger partial charge in [0.05, 0.1) is 31.1 Å². The van der Waals surface area contributed by atoms with Crippen LogP contribution in [0.3, 0.4) is 0 Å². The first-order valence-electron chi connectivity index (χ1n) is 10.1. The van der Waals surface area contributed by atoms with Crippen molar-refractivity contribution >= 4 is 15.9 Å². The van der Waals surface area contributed by atoms with Crippen LogP contribution in [0, 0.1) is 17.7 Å². The molecule has 6 nitrogen and oxygen atoms in total. The number of piperidine rings is 1. The van der Waals surface area contributed by atoms with Gasteiger partial charge in [0.1, 0.15) is 5.82 Å². The number of amides is 1. The molecule has 2 saturated heterocycles. The molecule has 28 heavy (non-hydrogen) atoms. The van der Waals surface area contributed by atoms with Crippen LogP contribution in [0.1, 0.15) is 27.2 Å². The van der Waals surface area contributed by atoms with Crippen molar-refractivity contribution in [2.24, 2.45) is 11.8 Å². The summed E-state index contributed by atoms with van der Waals surface area (Å²) in [5.74, 6) is 0.755. The van der Waals surface area contributed by atoms with E-state index in [0.717, 1.165) is 36.5 Å². The maximum atomic E-state index is 13.1. The molecule has 1 aromatic carbocycles. The van der Waals surface area contributed by atoms with Gasteiger partial charge in [0.2, 0.25) is 10.0 Å². The van der Waals surface area contributed by atoms with Gasteiger partial charge < -0.3 is 9.80 Å². The number of hydrogen-bond donors (Lipinski definition) is 1. The van der Waals surface area contributed by atoms with E-state index in [4.69, 9.17) is 0 Å². The molecule has 156 valence electrons. The molecule has 0 bridgehead atoms. The van der Waals surface area contributed by atoms with E-state index in [1.165, 1.54) is 16.4 Å². The summed E-state index contributed by atoms with van der Waals surface area (Å²) >= 11 is 0. The summed E-state index contributed by atoms with van der Waals surface area (Å²) in [6, 6.07) is 4.75. The van der Waals surface area contributed by atoms with Crippen molar-refractivity contribution in [1.82, 2.24) is 9.21 Å². The number of nitrogens with one attached hydrogen (secondary N) is 1. The summed E-state index contributed by atoms with van der Waals surface area (Å²) in [6.45, 7) is 9.85. The van der Waals surface area contributed by atoms with Crippen LogP contribution < -0.4 is 4.90 Å². The number of carbonyl (C=O) groups excluding carboxylic acids is 1. The molecule has 3 rings (SSSR count). The van der Waals surface area contributed by atoms with E-state index in [0.29, 0.717) is 38.0 Å². The zero-order valence-electron chi connectivity index (χ0n) is 16.9. The highest BCUT2D eigenvalue weighted by atomic mass is 32.2. The zero-order chi connectivity index (χ0) is 20.5. The molecule has 2 aliphatic rings. The first-order chi connectivity index (χ1) is 13.2. The predicted molar refractivity (Wildman–Crippen MR) is 105 cm³/mol. The molecule has 0 spiro atoms. The zero-order valence-corrected chi connectivity index (χ0v) is 17.7. The molecule has 2 aliphatic heterocycles. The Bertz CT molecular complexity index is 781. The summed E-state index contributed by atoms with van der Waals surface area (Å²) in [5.41, 5.74) is 0. The summed E-state index contributed by atoms with van der Waals surface area (Å²) in [7, 11) is -3.63. The van der Waals surface area contributed by atoms with Gasteiger partial charge in [-0.25, -0.2) is 12.8 Å². The quantitative estimate of drug-likeness (QED) is 0.788. The Kier molecular flexibility index (Phi) is 6.41. The Labute approximate surface area is 167 Å². The van der Waals surface area contributed by atoms with Crippen LogP contribution in [0.2, 0.25) is 0 Å². The third-order valence-electron chi connectivity index (χ3n) is 5.98. The van der Waals surface area contributed by atoms with E-state index in [-0.39, 0.29) is 16.8 Å². The van der Waals surface area contributed by atoms with Gasteiger partial charge in [0.15, 0.2) is 6.04 Å². The third kappa shape index (κ3) is 4.55. The molecule has 1 amide bonds. The summed E-state index contributed by atoms with van der Waals surface area (Å²) in [6.07, 6.45) is 1.16. The highest BCUT2D eigenvalue weighted by Crippen LogP contribution is 2.21. The molecule has 0 aliphatic carbocycles. The topological polar surface area (TPSA) is 62.1 Å². The maximum Gasteiger partial charge on any atom is 0.280 e. The fourth-order valence-corrected chi connectivity index (χ4v) is 5.94. The van der Waals surface area contributed by atoms with Crippen LogP contribution in [0.5, 0.6) is 0 Å². The highest BCUT2D eigenvalue weighted by Gasteiger charge is 2.37. The smallest absolute Gasteiger partial charge is 0.280 e. The normalized spacial score (nSPS) is 26.2. The van der Waals surface area contributed by atoms with Crippen molar-refractivity contribution in [2.45, 2.75) is 38.1 Å². The number of rotatable bonds is 4. The minimum Gasteiger partial charge on any atom is -0.337 e. The third-order valence-corrected chi connectivity index (χ3v) is 7.89. The monoisotopic (exact) mass is 412 g/mol. The van der Waals surface area contributed by atoms with Gasteiger partial charge >= 0.3 is 0 Å². The number of carbonyl (C=O) groups is 1. The Morgan fingerprint density at radius 2 is 1.64 bits per heavy atom. The first kappa shape index (κ1) is 21.2. The number of halogens is 1. The lowest BCUT2D eigenvalue weighted by Gasteiger charge is -2.39. The van der Waals surface area contributed by atoms with E-state index in [9.17, 15) is 17.6 Å². The molecule has 2 heterocycles. The number of likely N-dealkylation sites (tertiary alicyclic amines) is 1. The molecule has 0 unspecified atom stereocenters. The molecule has 2 fully saturated rings. The number of piperazine rings is 1. The average Bonchev–Trinajstić information content (AvgIpc) is 2.66. The van der Waals surface area contributed by atoms with Gasteiger partial charge in [-0.3, -0.25) is 4.79 Å². The predicted octanol–water partition coefficient (Wildman–Crippen LogP) is 0.608.